The standard InChI is InChI=1S/C25H44N4O4/c1-26-16-20-6-3-7-21(17-26)28(20)12-14-32-24(30)10-5-11-25(31)33-15-13-29-22-8-4-9-23(29)19-27(2)18-22/h20-23H,3-19H2,1-2H3. The predicted octanol–water partition coefficient (Wildman–Crippen LogP) is 1.58. The average Bonchev–Trinajstić information content (AvgIpc) is 2.74. The van der Waals surface area contributed by atoms with E-state index >= 15 is 0 Å². The first-order valence-corrected chi connectivity index (χ1v) is 13.2. The van der Waals surface area contributed by atoms with Crippen LogP contribution in [0.5, 0.6) is 0 Å². The zero-order chi connectivity index (χ0) is 23.2. The highest BCUT2D eigenvalue weighted by molar-refractivity contribution is 5.72. The van der Waals surface area contributed by atoms with Crippen LogP contribution in [0.1, 0.15) is 57.8 Å². The van der Waals surface area contributed by atoms with Gasteiger partial charge in [0.25, 0.3) is 0 Å². The van der Waals surface area contributed by atoms with Crippen LogP contribution in [0.4, 0.5) is 0 Å². The van der Waals surface area contributed by atoms with E-state index < -0.39 is 0 Å². The van der Waals surface area contributed by atoms with E-state index in [9.17, 15) is 9.59 Å². The van der Waals surface area contributed by atoms with Crippen molar-refractivity contribution >= 4 is 11.9 Å². The molecule has 33 heavy (non-hydrogen) atoms. The molecule has 0 saturated carbocycles. The van der Waals surface area contributed by atoms with Gasteiger partial charge in [0, 0.05) is 76.3 Å². The second kappa shape index (κ2) is 12.0. The van der Waals surface area contributed by atoms with Crippen LogP contribution in [0, 0.1) is 0 Å². The summed E-state index contributed by atoms with van der Waals surface area (Å²) in [5.41, 5.74) is 0. The molecule has 0 radical (unpaired) electrons. The topological polar surface area (TPSA) is 65.6 Å². The Balaban J connectivity index is 1.05. The van der Waals surface area contributed by atoms with Gasteiger partial charge in [-0.25, -0.2) is 0 Å². The molecule has 4 saturated heterocycles. The molecule has 8 nitrogen and oxygen atoms in total. The zero-order valence-corrected chi connectivity index (χ0v) is 20.8. The maximum absolute atomic E-state index is 12.1. The van der Waals surface area contributed by atoms with Gasteiger partial charge in [-0.3, -0.25) is 19.4 Å². The second-order valence-electron chi connectivity index (χ2n) is 10.7. The predicted molar refractivity (Wildman–Crippen MR) is 127 cm³/mol. The number of carbonyl (C=O) groups excluding carboxylic acids is 2. The number of piperazine rings is 2. The zero-order valence-electron chi connectivity index (χ0n) is 20.8. The van der Waals surface area contributed by atoms with Gasteiger partial charge in [0.1, 0.15) is 13.2 Å². The van der Waals surface area contributed by atoms with Gasteiger partial charge in [-0.05, 0) is 46.2 Å². The van der Waals surface area contributed by atoms with Gasteiger partial charge in [0.05, 0.1) is 0 Å². The monoisotopic (exact) mass is 464 g/mol. The van der Waals surface area contributed by atoms with E-state index in [1.807, 2.05) is 0 Å². The Hall–Kier alpha value is -1.22. The van der Waals surface area contributed by atoms with Gasteiger partial charge >= 0.3 is 11.9 Å². The Morgan fingerprint density at radius 1 is 0.667 bits per heavy atom. The number of rotatable bonds is 10. The SMILES string of the molecule is CN1CC2CCCC(C1)N2CCOC(=O)CCCC(=O)OCCN1C2CCCC1CN(C)C2. The largest absolute Gasteiger partial charge is 0.464 e. The van der Waals surface area contributed by atoms with Crippen molar-refractivity contribution in [2.75, 3.05) is 66.6 Å². The van der Waals surface area contributed by atoms with Gasteiger partial charge in [0.15, 0.2) is 0 Å². The number of nitrogens with zero attached hydrogens (tertiary/aromatic N) is 4. The molecule has 0 aromatic heterocycles. The van der Waals surface area contributed by atoms with Crippen LogP contribution < -0.4 is 0 Å². The molecular formula is C25H44N4O4. The number of hydrogen-bond acceptors (Lipinski definition) is 8. The maximum Gasteiger partial charge on any atom is 0.305 e. The van der Waals surface area contributed by atoms with E-state index in [0.29, 0.717) is 43.8 Å². The van der Waals surface area contributed by atoms with Gasteiger partial charge in [-0.2, -0.15) is 0 Å². The van der Waals surface area contributed by atoms with Crippen molar-refractivity contribution in [1.29, 1.82) is 0 Å². The third kappa shape index (κ3) is 6.90. The number of esters is 2. The quantitative estimate of drug-likeness (QED) is 0.452. The Bertz CT molecular complexity index is 580. The summed E-state index contributed by atoms with van der Waals surface area (Å²) in [4.78, 5) is 34.2. The number of likely N-dealkylation sites (N-methyl/N-ethyl adjacent to an activating group) is 2. The van der Waals surface area contributed by atoms with Crippen LogP contribution in [0.15, 0.2) is 0 Å². The summed E-state index contributed by atoms with van der Waals surface area (Å²) >= 11 is 0. The molecule has 0 aromatic carbocycles. The Morgan fingerprint density at radius 2 is 1.03 bits per heavy atom. The lowest BCUT2D eigenvalue weighted by Crippen LogP contribution is -2.60. The van der Waals surface area contributed by atoms with Crippen LogP contribution in [0.3, 0.4) is 0 Å². The second-order valence-corrected chi connectivity index (χ2v) is 10.7. The fraction of sp³-hybridized carbons (Fsp3) is 0.920. The van der Waals surface area contributed by atoms with Crippen molar-refractivity contribution in [1.82, 2.24) is 19.6 Å². The fourth-order valence-corrected chi connectivity index (χ4v) is 6.59. The van der Waals surface area contributed by atoms with Gasteiger partial charge in [0.2, 0.25) is 0 Å². The number of likely N-dealkylation sites (tertiary alicyclic amines) is 2. The number of piperidine rings is 2. The lowest BCUT2D eigenvalue weighted by atomic mass is 9.91. The molecular weight excluding hydrogens is 420 g/mol. The van der Waals surface area contributed by atoms with Crippen molar-refractivity contribution in [3.63, 3.8) is 0 Å². The summed E-state index contributed by atoms with van der Waals surface area (Å²) in [6, 6.07) is 2.39. The average molecular weight is 465 g/mol. The first-order valence-electron chi connectivity index (χ1n) is 13.2. The lowest BCUT2D eigenvalue weighted by molar-refractivity contribution is -0.146. The first-order chi connectivity index (χ1) is 16.0. The summed E-state index contributed by atoms with van der Waals surface area (Å²) in [7, 11) is 4.40. The van der Waals surface area contributed by atoms with E-state index in [1.165, 1.54) is 38.5 Å². The number of ether oxygens (including phenoxy) is 2. The van der Waals surface area contributed by atoms with Crippen molar-refractivity contribution in [2.24, 2.45) is 0 Å². The molecule has 4 unspecified atom stereocenters. The van der Waals surface area contributed by atoms with Crippen molar-refractivity contribution in [3.8, 4) is 0 Å². The summed E-state index contributed by atoms with van der Waals surface area (Å²) in [5.74, 6) is -0.403. The third-order valence-corrected chi connectivity index (χ3v) is 8.10. The Morgan fingerprint density at radius 3 is 1.39 bits per heavy atom. The molecule has 0 aromatic rings. The number of hydrogen-bond donors (Lipinski definition) is 0. The summed E-state index contributed by atoms with van der Waals surface area (Å²) < 4.78 is 10.9. The molecule has 4 bridgehead atoms. The summed E-state index contributed by atoms with van der Waals surface area (Å²) in [5, 5.41) is 0. The van der Waals surface area contributed by atoms with Gasteiger partial charge in [-0.15, -0.1) is 0 Å². The molecule has 0 aliphatic carbocycles. The minimum atomic E-state index is -0.202. The van der Waals surface area contributed by atoms with E-state index in [2.05, 4.69) is 33.7 Å². The molecule has 4 aliphatic heterocycles. The molecule has 4 rings (SSSR count). The van der Waals surface area contributed by atoms with Crippen molar-refractivity contribution in [2.45, 2.75) is 82.0 Å². The van der Waals surface area contributed by atoms with Crippen LogP contribution >= 0.6 is 0 Å². The molecule has 4 heterocycles. The molecule has 0 spiro atoms. The highest BCUT2D eigenvalue weighted by Crippen LogP contribution is 2.28. The normalized spacial score (nSPS) is 31.3. The van der Waals surface area contributed by atoms with Crippen LogP contribution in [0.25, 0.3) is 0 Å². The minimum absolute atomic E-state index is 0.202. The van der Waals surface area contributed by atoms with Crippen LogP contribution in [-0.2, 0) is 19.1 Å². The summed E-state index contributed by atoms with van der Waals surface area (Å²) in [6.45, 7) is 7.01. The number of carbonyl (C=O) groups is 2. The highest BCUT2D eigenvalue weighted by Gasteiger charge is 2.36. The smallest absolute Gasteiger partial charge is 0.305 e. The molecule has 8 heteroatoms. The molecule has 0 amide bonds. The number of fused-ring (bicyclic) bond motifs is 4. The van der Waals surface area contributed by atoms with E-state index in [4.69, 9.17) is 9.47 Å². The molecule has 188 valence electrons. The maximum atomic E-state index is 12.1. The van der Waals surface area contributed by atoms with Crippen molar-refractivity contribution < 1.29 is 19.1 Å². The first kappa shape index (κ1) is 24.9. The Labute approximate surface area is 199 Å². The molecule has 0 N–H and O–H groups in total. The molecule has 4 aliphatic rings. The third-order valence-electron chi connectivity index (χ3n) is 8.10. The molecule has 4 fully saturated rings. The van der Waals surface area contributed by atoms with Gasteiger partial charge < -0.3 is 19.3 Å². The van der Waals surface area contributed by atoms with Gasteiger partial charge in [-0.1, -0.05) is 12.8 Å². The van der Waals surface area contributed by atoms with E-state index in [1.54, 1.807) is 0 Å². The van der Waals surface area contributed by atoms with Crippen LogP contribution in [0.2, 0.25) is 0 Å². The highest BCUT2D eigenvalue weighted by atomic mass is 16.5. The van der Waals surface area contributed by atoms with E-state index in [0.717, 1.165) is 39.3 Å². The van der Waals surface area contributed by atoms with E-state index in [-0.39, 0.29) is 24.8 Å². The van der Waals surface area contributed by atoms with Crippen LogP contribution in [-0.4, -0.2) is 122 Å². The minimum Gasteiger partial charge on any atom is -0.464 e. The Kier molecular flexibility index (Phi) is 9.02. The molecule has 4 atom stereocenters. The van der Waals surface area contributed by atoms with Crippen molar-refractivity contribution in [3.05, 3.63) is 0 Å². The fourth-order valence-electron chi connectivity index (χ4n) is 6.59. The summed E-state index contributed by atoms with van der Waals surface area (Å²) in [6.07, 6.45) is 8.66. The lowest BCUT2D eigenvalue weighted by Gasteiger charge is -2.49.